The Balaban J connectivity index is 2.11. The van der Waals surface area contributed by atoms with E-state index in [1.54, 1.807) is 19.1 Å². The van der Waals surface area contributed by atoms with Crippen LogP contribution in [0.5, 0.6) is 0 Å². The minimum absolute atomic E-state index is 0.138. The SMILES string of the molecule is CCN(Cc1ccc(-c2noc(C(F)(F)F)n2)cc1)C(=O)C(=O)N(C)OC. The molecule has 0 aliphatic rings. The Labute approximate surface area is 152 Å². The summed E-state index contributed by atoms with van der Waals surface area (Å²) in [6.45, 7) is 2.13. The zero-order valence-electron chi connectivity index (χ0n) is 14.8. The smallest absolute Gasteiger partial charge is 0.330 e. The molecule has 1 aromatic heterocycles. The number of hydrogen-bond donors (Lipinski definition) is 0. The third kappa shape index (κ3) is 4.82. The lowest BCUT2D eigenvalue weighted by Crippen LogP contribution is -2.43. The van der Waals surface area contributed by atoms with Gasteiger partial charge in [0.25, 0.3) is 0 Å². The average molecular weight is 386 g/mol. The quantitative estimate of drug-likeness (QED) is 0.578. The first kappa shape index (κ1) is 20.4. The number of rotatable bonds is 5. The van der Waals surface area contributed by atoms with Gasteiger partial charge < -0.3 is 9.42 Å². The number of carbonyl (C=O) groups excluding carboxylic acids is 2. The number of aromatic nitrogens is 2. The van der Waals surface area contributed by atoms with Gasteiger partial charge in [0.05, 0.1) is 7.11 Å². The van der Waals surface area contributed by atoms with Crippen LogP contribution in [0.25, 0.3) is 11.4 Å². The predicted molar refractivity (Wildman–Crippen MR) is 85.6 cm³/mol. The van der Waals surface area contributed by atoms with Crippen LogP contribution >= 0.6 is 0 Å². The topological polar surface area (TPSA) is 88.8 Å². The van der Waals surface area contributed by atoms with Crippen LogP contribution in [0, 0.1) is 0 Å². The van der Waals surface area contributed by atoms with Gasteiger partial charge in [0.15, 0.2) is 0 Å². The maximum absolute atomic E-state index is 12.5. The number of nitrogens with zero attached hydrogens (tertiary/aromatic N) is 4. The Morgan fingerprint density at radius 2 is 1.81 bits per heavy atom. The lowest BCUT2D eigenvalue weighted by Gasteiger charge is -2.22. The van der Waals surface area contributed by atoms with E-state index in [1.807, 2.05) is 0 Å². The second-order valence-electron chi connectivity index (χ2n) is 5.42. The van der Waals surface area contributed by atoms with E-state index in [1.165, 1.54) is 31.2 Å². The normalized spacial score (nSPS) is 11.3. The first-order valence-corrected chi connectivity index (χ1v) is 7.78. The molecule has 0 saturated carbocycles. The summed E-state index contributed by atoms with van der Waals surface area (Å²) in [6.07, 6.45) is -4.71. The van der Waals surface area contributed by atoms with Crippen molar-refractivity contribution in [2.45, 2.75) is 19.6 Å². The molecule has 0 atom stereocenters. The first-order valence-electron chi connectivity index (χ1n) is 7.78. The molecule has 2 aromatic rings. The van der Waals surface area contributed by atoms with E-state index < -0.39 is 23.9 Å². The summed E-state index contributed by atoms with van der Waals surface area (Å²) in [5.41, 5.74) is 0.990. The van der Waals surface area contributed by atoms with E-state index >= 15 is 0 Å². The van der Waals surface area contributed by atoms with Crippen molar-refractivity contribution in [3.8, 4) is 11.4 Å². The zero-order valence-corrected chi connectivity index (χ0v) is 14.8. The van der Waals surface area contributed by atoms with Gasteiger partial charge in [-0.3, -0.25) is 14.4 Å². The third-order valence-electron chi connectivity index (χ3n) is 3.67. The summed E-state index contributed by atoms with van der Waals surface area (Å²) in [6, 6.07) is 6.20. The Hall–Kier alpha value is -2.95. The van der Waals surface area contributed by atoms with Crippen LogP contribution in [0.15, 0.2) is 28.8 Å². The van der Waals surface area contributed by atoms with Crippen LogP contribution in [0.2, 0.25) is 0 Å². The molecule has 0 spiro atoms. The molecule has 8 nitrogen and oxygen atoms in total. The van der Waals surface area contributed by atoms with Gasteiger partial charge in [0.2, 0.25) is 5.82 Å². The molecule has 0 aliphatic heterocycles. The summed E-state index contributed by atoms with van der Waals surface area (Å²) >= 11 is 0. The highest BCUT2D eigenvalue weighted by molar-refractivity contribution is 6.34. The Morgan fingerprint density at radius 1 is 1.19 bits per heavy atom. The highest BCUT2D eigenvalue weighted by atomic mass is 19.4. The highest BCUT2D eigenvalue weighted by Crippen LogP contribution is 2.29. The van der Waals surface area contributed by atoms with Crippen molar-refractivity contribution in [3.63, 3.8) is 0 Å². The van der Waals surface area contributed by atoms with E-state index in [4.69, 9.17) is 4.84 Å². The standard InChI is InChI=1S/C16H17F3N4O4/c1-4-23(14(25)13(24)22(2)26-3)9-10-5-7-11(8-6-10)12-20-15(27-21-12)16(17,18)19/h5-8H,4,9H2,1-3H3. The van der Waals surface area contributed by atoms with Gasteiger partial charge in [-0.15, -0.1) is 0 Å². The summed E-state index contributed by atoms with van der Waals surface area (Å²) in [4.78, 5) is 33.4. The zero-order chi connectivity index (χ0) is 20.2. The van der Waals surface area contributed by atoms with Gasteiger partial charge in [-0.25, -0.2) is 5.06 Å². The maximum atomic E-state index is 12.5. The van der Waals surface area contributed by atoms with Crippen molar-refractivity contribution in [1.82, 2.24) is 20.1 Å². The molecule has 1 heterocycles. The van der Waals surface area contributed by atoms with Gasteiger partial charge in [-0.05, 0) is 12.5 Å². The number of hydroxylamine groups is 2. The molecular formula is C16H17F3N4O4. The molecule has 0 saturated heterocycles. The third-order valence-corrected chi connectivity index (χ3v) is 3.67. The van der Waals surface area contributed by atoms with E-state index in [0.717, 1.165) is 5.06 Å². The molecule has 27 heavy (non-hydrogen) atoms. The number of benzene rings is 1. The van der Waals surface area contributed by atoms with E-state index in [0.29, 0.717) is 11.1 Å². The van der Waals surface area contributed by atoms with Gasteiger partial charge in [0, 0.05) is 25.7 Å². The molecule has 0 bridgehead atoms. The summed E-state index contributed by atoms with van der Waals surface area (Å²) in [5.74, 6) is -3.18. The van der Waals surface area contributed by atoms with Crippen LogP contribution in [-0.2, 0) is 27.1 Å². The monoisotopic (exact) mass is 386 g/mol. The molecule has 0 aliphatic carbocycles. The highest BCUT2D eigenvalue weighted by Gasteiger charge is 2.38. The number of alkyl halides is 3. The molecule has 0 unspecified atom stereocenters. The van der Waals surface area contributed by atoms with Crippen molar-refractivity contribution < 1.29 is 32.1 Å². The molecule has 1 aromatic carbocycles. The maximum Gasteiger partial charge on any atom is 0.471 e. The summed E-state index contributed by atoms with van der Waals surface area (Å²) in [7, 11) is 2.59. The summed E-state index contributed by atoms with van der Waals surface area (Å²) < 4.78 is 41.7. The molecule has 2 amide bonds. The molecular weight excluding hydrogens is 369 g/mol. The number of hydrogen-bond acceptors (Lipinski definition) is 6. The molecule has 2 rings (SSSR count). The summed E-state index contributed by atoms with van der Waals surface area (Å²) in [5, 5.41) is 4.13. The van der Waals surface area contributed by atoms with Gasteiger partial charge in [-0.1, -0.05) is 29.4 Å². The van der Waals surface area contributed by atoms with Crippen molar-refractivity contribution in [3.05, 3.63) is 35.7 Å². The van der Waals surface area contributed by atoms with Gasteiger partial charge >= 0.3 is 23.9 Å². The minimum Gasteiger partial charge on any atom is -0.330 e. The molecule has 0 N–H and O–H groups in total. The lowest BCUT2D eigenvalue weighted by atomic mass is 10.1. The van der Waals surface area contributed by atoms with Crippen molar-refractivity contribution >= 4 is 11.8 Å². The van der Waals surface area contributed by atoms with Crippen LogP contribution in [0.3, 0.4) is 0 Å². The Bertz CT molecular complexity index is 805. The fourth-order valence-electron chi connectivity index (χ4n) is 2.12. The Kier molecular flexibility index (Phi) is 6.16. The van der Waals surface area contributed by atoms with Gasteiger partial charge in [0.1, 0.15) is 0 Å². The van der Waals surface area contributed by atoms with E-state index in [9.17, 15) is 22.8 Å². The first-order chi connectivity index (χ1) is 12.7. The largest absolute Gasteiger partial charge is 0.471 e. The molecule has 0 fully saturated rings. The predicted octanol–water partition coefficient (Wildman–Crippen LogP) is 2.12. The van der Waals surface area contributed by atoms with Crippen molar-refractivity contribution in [2.24, 2.45) is 0 Å². The fourth-order valence-corrected chi connectivity index (χ4v) is 2.12. The number of amides is 2. The molecule has 146 valence electrons. The second kappa shape index (κ2) is 8.16. The number of halogens is 3. The van der Waals surface area contributed by atoms with Crippen LogP contribution in [0.1, 0.15) is 18.4 Å². The van der Waals surface area contributed by atoms with E-state index in [2.05, 4.69) is 14.7 Å². The number of likely N-dealkylation sites (N-methyl/N-ethyl adjacent to an activating group) is 2. The van der Waals surface area contributed by atoms with Crippen LogP contribution in [-0.4, -0.2) is 52.6 Å². The lowest BCUT2D eigenvalue weighted by molar-refractivity contribution is -0.177. The second-order valence-corrected chi connectivity index (χ2v) is 5.42. The Morgan fingerprint density at radius 3 is 2.30 bits per heavy atom. The van der Waals surface area contributed by atoms with E-state index in [-0.39, 0.29) is 18.9 Å². The van der Waals surface area contributed by atoms with Gasteiger partial charge in [-0.2, -0.15) is 18.2 Å². The van der Waals surface area contributed by atoms with Crippen molar-refractivity contribution in [1.29, 1.82) is 0 Å². The fraction of sp³-hybridized carbons (Fsp3) is 0.375. The van der Waals surface area contributed by atoms with Crippen molar-refractivity contribution in [2.75, 3.05) is 20.7 Å². The molecule has 11 heteroatoms. The minimum atomic E-state index is -4.71. The molecule has 0 radical (unpaired) electrons. The number of carbonyl (C=O) groups is 2. The van der Waals surface area contributed by atoms with Crippen LogP contribution < -0.4 is 0 Å². The average Bonchev–Trinajstić information content (AvgIpc) is 3.15. The van der Waals surface area contributed by atoms with Crippen LogP contribution in [0.4, 0.5) is 13.2 Å².